The van der Waals surface area contributed by atoms with Gasteiger partial charge in [-0.15, -0.1) is 11.3 Å². The van der Waals surface area contributed by atoms with Gasteiger partial charge in [-0.2, -0.15) is 0 Å². The van der Waals surface area contributed by atoms with Gasteiger partial charge in [-0.05, 0) is 36.4 Å². The summed E-state index contributed by atoms with van der Waals surface area (Å²) in [6.45, 7) is 1.30. The predicted octanol–water partition coefficient (Wildman–Crippen LogP) is 3.90. The summed E-state index contributed by atoms with van der Waals surface area (Å²) in [5.74, 6) is -2.76. The van der Waals surface area contributed by atoms with Gasteiger partial charge in [0, 0.05) is 19.1 Å². The maximum atomic E-state index is 13.9. The van der Waals surface area contributed by atoms with Gasteiger partial charge >= 0.3 is 0 Å². The quantitative estimate of drug-likeness (QED) is 0.536. The van der Waals surface area contributed by atoms with E-state index in [1.165, 1.54) is 17.4 Å². The minimum absolute atomic E-state index is 0.00210. The first-order valence-corrected chi connectivity index (χ1v) is 12.0. The number of piperidine rings is 1. The van der Waals surface area contributed by atoms with Gasteiger partial charge in [-0.25, -0.2) is 22.3 Å². The van der Waals surface area contributed by atoms with Crippen LogP contribution in [-0.2, 0) is 11.0 Å². The fraction of sp³-hybridized carbons (Fsp3) is 0.263. The second-order valence-corrected chi connectivity index (χ2v) is 10.3. The number of nitrogens with one attached hydrogen (secondary N) is 1. The van der Waals surface area contributed by atoms with Crippen molar-refractivity contribution >= 4 is 50.4 Å². The van der Waals surface area contributed by atoms with Crippen molar-refractivity contribution in [3.8, 4) is 0 Å². The van der Waals surface area contributed by atoms with Crippen molar-refractivity contribution in [2.75, 3.05) is 24.1 Å². The molecule has 1 aliphatic heterocycles. The Balaban J connectivity index is 1.41. The number of ketones is 1. The van der Waals surface area contributed by atoms with E-state index < -0.39 is 34.0 Å². The highest BCUT2D eigenvalue weighted by Crippen LogP contribution is 2.31. The van der Waals surface area contributed by atoms with Crippen LogP contribution < -0.4 is 11.1 Å². The normalized spacial score (nSPS) is 16.5. The number of carbonyl (C=O) groups excluding carboxylic acids is 1. The molecule has 2 aromatic heterocycles. The predicted molar refractivity (Wildman–Crippen MR) is 115 cm³/mol. The number of benzene rings is 1. The average Bonchev–Trinajstić information content (AvgIpc) is 3.38. The van der Waals surface area contributed by atoms with Crippen LogP contribution in [0.2, 0.25) is 0 Å². The van der Waals surface area contributed by atoms with Crippen molar-refractivity contribution in [3.05, 3.63) is 57.8 Å². The molecule has 11 heteroatoms. The molecule has 1 unspecified atom stereocenters. The smallest absolute Gasteiger partial charge is 0.212 e. The summed E-state index contributed by atoms with van der Waals surface area (Å²) in [4.78, 5) is 16.7. The van der Waals surface area contributed by atoms with Crippen LogP contribution in [0.1, 0.15) is 28.1 Å². The fourth-order valence-electron chi connectivity index (χ4n) is 3.22. The molecule has 6 nitrogen and oxygen atoms in total. The van der Waals surface area contributed by atoms with Gasteiger partial charge in [0.05, 0.1) is 5.56 Å². The number of nitrogen functional groups attached to an aromatic ring is 1. The molecule has 0 bridgehead atoms. The van der Waals surface area contributed by atoms with Gasteiger partial charge < -0.3 is 11.1 Å². The lowest BCUT2D eigenvalue weighted by molar-refractivity contribution is 0.103. The van der Waals surface area contributed by atoms with Gasteiger partial charge in [0.15, 0.2) is 5.13 Å². The molecule has 30 heavy (non-hydrogen) atoms. The standard InChI is InChI=1S/C19H18F2N4O2S3/c20-12-3-1-4-13(21)15(12)16(26)17-18(22)24-19(29-17)23-11-6-8-25(9-7-11)30(27)14-5-2-10-28-14/h1-5,10-11H,6-9,22H2,(H,23,24). The number of carbonyl (C=O) groups is 1. The van der Waals surface area contributed by atoms with E-state index in [9.17, 15) is 17.8 Å². The van der Waals surface area contributed by atoms with E-state index in [1.54, 1.807) is 0 Å². The number of thiazole rings is 1. The number of nitrogens with two attached hydrogens (primary N) is 1. The minimum Gasteiger partial charge on any atom is -0.382 e. The molecule has 3 aromatic rings. The zero-order valence-corrected chi connectivity index (χ0v) is 18.1. The van der Waals surface area contributed by atoms with E-state index in [-0.39, 0.29) is 16.7 Å². The van der Waals surface area contributed by atoms with Gasteiger partial charge in [0.2, 0.25) is 5.78 Å². The lowest BCUT2D eigenvalue weighted by Crippen LogP contribution is -2.39. The molecule has 1 atom stereocenters. The van der Waals surface area contributed by atoms with Gasteiger partial charge in [-0.3, -0.25) is 4.79 Å². The lowest BCUT2D eigenvalue weighted by Gasteiger charge is -2.30. The van der Waals surface area contributed by atoms with Crippen molar-refractivity contribution in [1.29, 1.82) is 0 Å². The van der Waals surface area contributed by atoms with Crippen LogP contribution in [0.25, 0.3) is 0 Å². The molecule has 1 aromatic carbocycles. The summed E-state index contributed by atoms with van der Waals surface area (Å²) in [6, 6.07) is 7.06. The number of nitrogens with zero attached hydrogens (tertiary/aromatic N) is 2. The monoisotopic (exact) mass is 468 g/mol. The van der Waals surface area contributed by atoms with E-state index >= 15 is 0 Å². The number of hydrogen-bond acceptors (Lipinski definition) is 7. The zero-order valence-electron chi connectivity index (χ0n) is 15.6. The summed E-state index contributed by atoms with van der Waals surface area (Å²) in [6.07, 6.45) is 1.48. The molecule has 1 saturated heterocycles. The molecule has 4 rings (SSSR count). The van der Waals surface area contributed by atoms with Crippen LogP contribution >= 0.6 is 22.7 Å². The Kier molecular flexibility index (Phi) is 6.23. The van der Waals surface area contributed by atoms with Crippen molar-refractivity contribution in [2.24, 2.45) is 0 Å². The molecule has 158 valence electrons. The number of rotatable bonds is 6. The first kappa shape index (κ1) is 21.0. The van der Waals surface area contributed by atoms with Gasteiger partial charge in [-0.1, -0.05) is 23.5 Å². The second-order valence-electron chi connectivity index (χ2n) is 6.69. The maximum Gasteiger partial charge on any atom is 0.212 e. The maximum absolute atomic E-state index is 13.9. The molecule has 0 saturated carbocycles. The van der Waals surface area contributed by atoms with Crippen LogP contribution in [-0.4, -0.2) is 38.4 Å². The molecule has 0 amide bonds. The van der Waals surface area contributed by atoms with Crippen LogP contribution in [0.5, 0.6) is 0 Å². The molecule has 3 heterocycles. The summed E-state index contributed by atoms with van der Waals surface area (Å²) >= 11 is 2.45. The SMILES string of the molecule is Nc1nc(NC2CCN(S(=O)c3cccs3)CC2)sc1C(=O)c1c(F)cccc1F. The second kappa shape index (κ2) is 8.88. The highest BCUT2D eigenvalue weighted by Gasteiger charge is 2.27. The Morgan fingerprint density at radius 3 is 2.53 bits per heavy atom. The molecule has 0 aliphatic carbocycles. The van der Waals surface area contributed by atoms with Crippen molar-refractivity contribution in [1.82, 2.24) is 9.29 Å². The number of aromatic nitrogens is 1. The third-order valence-corrected chi connectivity index (χ3v) is 8.43. The largest absolute Gasteiger partial charge is 0.382 e. The van der Waals surface area contributed by atoms with E-state index in [4.69, 9.17) is 5.73 Å². The molecule has 0 spiro atoms. The highest BCUT2D eigenvalue weighted by atomic mass is 32.2. The van der Waals surface area contributed by atoms with Gasteiger partial charge in [0.25, 0.3) is 0 Å². The summed E-state index contributed by atoms with van der Waals surface area (Å²) in [5.41, 5.74) is 5.21. The number of thiophene rings is 1. The Labute approximate surface area is 182 Å². The van der Waals surface area contributed by atoms with Gasteiger partial charge in [0.1, 0.15) is 37.5 Å². The topological polar surface area (TPSA) is 88.3 Å². The van der Waals surface area contributed by atoms with Crippen molar-refractivity contribution < 1.29 is 17.8 Å². The fourth-order valence-corrected chi connectivity index (χ4v) is 6.38. The van der Waals surface area contributed by atoms with Crippen LogP contribution in [0.4, 0.5) is 19.7 Å². The molecule has 0 radical (unpaired) electrons. The number of hydrogen-bond donors (Lipinski definition) is 2. The van der Waals surface area contributed by atoms with Crippen molar-refractivity contribution in [3.63, 3.8) is 0 Å². The summed E-state index contributed by atoms with van der Waals surface area (Å²) in [7, 11) is -1.16. The summed E-state index contributed by atoms with van der Waals surface area (Å²) in [5, 5.41) is 5.56. The Bertz CT molecular complexity index is 1060. The van der Waals surface area contributed by atoms with Crippen LogP contribution in [0, 0.1) is 11.6 Å². The van der Waals surface area contributed by atoms with E-state index in [0.29, 0.717) is 18.2 Å². The minimum atomic E-state index is -1.16. The van der Waals surface area contributed by atoms with Crippen LogP contribution in [0.15, 0.2) is 39.9 Å². The average molecular weight is 469 g/mol. The first-order chi connectivity index (χ1) is 14.4. The van der Waals surface area contributed by atoms with Crippen molar-refractivity contribution in [2.45, 2.75) is 23.1 Å². The van der Waals surface area contributed by atoms with E-state index in [2.05, 4.69) is 10.3 Å². The third kappa shape index (κ3) is 4.29. The first-order valence-electron chi connectivity index (χ1n) is 9.16. The van der Waals surface area contributed by atoms with E-state index in [0.717, 1.165) is 40.5 Å². The Hall–Kier alpha value is -2.21. The zero-order chi connectivity index (χ0) is 21.3. The third-order valence-electron chi connectivity index (χ3n) is 4.73. The summed E-state index contributed by atoms with van der Waals surface area (Å²) < 4.78 is 43.2. The highest BCUT2D eigenvalue weighted by molar-refractivity contribution is 7.85. The van der Waals surface area contributed by atoms with E-state index in [1.807, 2.05) is 21.8 Å². The Morgan fingerprint density at radius 1 is 1.20 bits per heavy atom. The molecule has 1 fully saturated rings. The molecule has 3 N–H and O–H groups in total. The number of halogens is 2. The lowest BCUT2D eigenvalue weighted by atomic mass is 10.1. The van der Waals surface area contributed by atoms with Crippen LogP contribution in [0.3, 0.4) is 0 Å². The number of anilines is 2. The Morgan fingerprint density at radius 2 is 1.90 bits per heavy atom. The molecular formula is C19H18F2N4O2S3. The molecular weight excluding hydrogens is 450 g/mol. The molecule has 1 aliphatic rings.